The lowest BCUT2D eigenvalue weighted by atomic mass is 9.91. The molecule has 1 N–H and O–H groups in total. The zero-order chi connectivity index (χ0) is 61.5. The fourth-order valence-electron chi connectivity index (χ4n) is 11.0. The second-order valence-electron chi connectivity index (χ2n) is 23.4. The highest BCUT2D eigenvalue weighted by Crippen LogP contribution is 2.47. The largest absolute Gasteiger partial charge is 0.479 e. The molecule has 1 aliphatic rings. The van der Waals surface area contributed by atoms with Gasteiger partial charge in [-0.1, -0.05) is 47.5 Å². The summed E-state index contributed by atoms with van der Waals surface area (Å²) >= 11 is 19.3. The molecule has 10 aromatic rings. The van der Waals surface area contributed by atoms with Crippen molar-refractivity contribution in [2.45, 2.75) is 92.6 Å². The van der Waals surface area contributed by atoms with E-state index in [0.717, 1.165) is 159 Å². The van der Waals surface area contributed by atoms with Crippen molar-refractivity contribution in [2.24, 2.45) is 14.1 Å². The lowest BCUT2D eigenvalue weighted by Gasteiger charge is -2.34. The van der Waals surface area contributed by atoms with Gasteiger partial charge in [-0.2, -0.15) is 10.2 Å². The van der Waals surface area contributed by atoms with Crippen molar-refractivity contribution in [3.05, 3.63) is 134 Å². The number of halogens is 3. The van der Waals surface area contributed by atoms with Gasteiger partial charge >= 0.3 is 11.9 Å². The Morgan fingerprint density at radius 2 is 1.10 bits per heavy atom. The van der Waals surface area contributed by atoms with Crippen LogP contribution in [-0.2, 0) is 42.6 Å². The fraction of sp³-hybridized carbons (Fsp3) is 0.364. The first kappa shape index (κ1) is 62.7. The first-order valence-electron chi connectivity index (χ1n) is 28.7. The van der Waals surface area contributed by atoms with E-state index in [1.807, 2.05) is 146 Å². The van der Waals surface area contributed by atoms with Crippen molar-refractivity contribution in [2.75, 3.05) is 57.4 Å². The third-order valence-electron chi connectivity index (χ3n) is 14.9. The van der Waals surface area contributed by atoms with Crippen LogP contribution in [0.2, 0.25) is 10.0 Å². The molecule has 0 aliphatic carbocycles. The molecule has 15 nitrogen and oxygen atoms in total. The number of carboxylic acids is 1. The molecule has 5 heterocycles. The van der Waals surface area contributed by atoms with Gasteiger partial charge in [0.15, 0.2) is 18.0 Å². The number of thiazole rings is 2. The average Bonchev–Trinajstić information content (AvgIpc) is 1.89. The Bertz CT molecular complexity index is 4140. The molecule has 6 aromatic carbocycles. The number of carbonyl (C=O) groups excluding carboxylic acids is 1. The summed E-state index contributed by atoms with van der Waals surface area (Å²) < 4.78 is 30.1. The summed E-state index contributed by atoms with van der Waals surface area (Å²) in [5.74, 6) is -0.466. The smallest absolute Gasteiger partial charge is 0.339 e. The first-order chi connectivity index (χ1) is 40.9. The summed E-state index contributed by atoms with van der Waals surface area (Å²) in [5, 5.41) is 24.9. The zero-order valence-corrected chi connectivity index (χ0v) is 55.2. The maximum atomic E-state index is 13.3. The van der Waals surface area contributed by atoms with Crippen LogP contribution in [0, 0.1) is 13.8 Å². The second-order valence-corrected chi connectivity index (χ2v) is 27.0. The highest BCUT2D eigenvalue weighted by atomic mass is 79.9. The Morgan fingerprint density at radius 1 is 0.640 bits per heavy atom. The number of fused-ring (bicyclic) bond motifs is 4. The van der Waals surface area contributed by atoms with Crippen LogP contribution in [0.3, 0.4) is 0 Å². The summed E-state index contributed by atoms with van der Waals surface area (Å²) in [6.45, 7) is 25.6. The van der Waals surface area contributed by atoms with Gasteiger partial charge in [-0.3, -0.25) is 14.3 Å². The van der Waals surface area contributed by atoms with E-state index < -0.39 is 35.3 Å². The summed E-state index contributed by atoms with van der Waals surface area (Å²) in [4.78, 5) is 41.0. The summed E-state index contributed by atoms with van der Waals surface area (Å²) in [7, 11) is 3.91. The molecule has 0 radical (unpaired) electrons. The Hall–Kier alpha value is -6.32. The van der Waals surface area contributed by atoms with E-state index in [1.165, 1.54) is 0 Å². The van der Waals surface area contributed by atoms with Crippen molar-refractivity contribution in [1.29, 1.82) is 0 Å². The molecule has 0 saturated carbocycles. The number of benzene rings is 6. The van der Waals surface area contributed by atoms with E-state index in [0.29, 0.717) is 15.6 Å². The monoisotopic (exact) mass is 1300 g/mol. The SMILES string of the molecule is CCOC(=O)[C@@H](OC(C)(C)C)c1c(C)cc2nc(-c3ccc4c(c3)c(Br)nn4C)sc2c1-c1ccc(Cl)cc1.CCOCCN1CCN(c2nn(C)c3ccc(-c4nc5cc(C)c([C@H](OC(C)(C)C)C(=O)O)c(-c6ccc(Cl)cc6)c5s4)cc23)CC1. The van der Waals surface area contributed by atoms with Gasteiger partial charge in [-0.15, -0.1) is 22.7 Å². The van der Waals surface area contributed by atoms with Crippen LogP contribution in [0.15, 0.2) is 102 Å². The minimum atomic E-state index is -1.16. The van der Waals surface area contributed by atoms with Gasteiger partial charge in [0.05, 0.1) is 55.9 Å². The molecule has 1 aliphatic heterocycles. The quantitative estimate of drug-likeness (QED) is 0.0720. The average molecular weight is 1300 g/mol. The normalized spacial score (nSPS) is 14.1. The van der Waals surface area contributed by atoms with Crippen LogP contribution in [-0.4, -0.2) is 115 Å². The highest BCUT2D eigenvalue weighted by Gasteiger charge is 2.35. The third kappa shape index (κ3) is 13.5. The van der Waals surface area contributed by atoms with Crippen LogP contribution in [0.1, 0.15) is 89.9 Å². The topological polar surface area (TPSA) is 159 Å². The minimum Gasteiger partial charge on any atom is -0.479 e. The van der Waals surface area contributed by atoms with Gasteiger partial charge in [-0.25, -0.2) is 19.6 Å². The van der Waals surface area contributed by atoms with Crippen molar-refractivity contribution >= 4 is 122 Å². The number of esters is 1. The summed E-state index contributed by atoms with van der Waals surface area (Å²) in [6, 6.07) is 31.8. The molecule has 0 bridgehead atoms. The van der Waals surface area contributed by atoms with Crippen LogP contribution < -0.4 is 4.90 Å². The number of rotatable bonds is 16. The van der Waals surface area contributed by atoms with E-state index in [-0.39, 0.29) is 6.61 Å². The van der Waals surface area contributed by atoms with Gasteiger partial charge < -0.3 is 29.0 Å². The minimum absolute atomic E-state index is 0.261. The van der Waals surface area contributed by atoms with Crippen LogP contribution in [0.4, 0.5) is 5.82 Å². The number of aromatic nitrogens is 6. The number of carboxylic acid groups (broad SMARTS) is 1. The number of nitrogens with zero attached hydrogens (tertiary/aromatic N) is 8. The van der Waals surface area contributed by atoms with Crippen LogP contribution in [0.25, 0.3) is 85.6 Å². The van der Waals surface area contributed by atoms with Gasteiger partial charge in [0.25, 0.3) is 0 Å². The number of aliphatic carboxylic acids is 1. The van der Waals surface area contributed by atoms with Crippen LogP contribution >= 0.6 is 61.8 Å². The summed E-state index contributed by atoms with van der Waals surface area (Å²) in [5.41, 5.74) is 11.1. The van der Waals surface area contributed by atoms with Crippen molar-refractivity contribution in [1.82, 2.24) is 34.4 Å². The molecule has 1 saturated heterocycles. The standard InChI is InChI=1S/C36H42ClN5O4S.C30H29BrClN3O3S/c1-7-45-19-18-41-14-16-42(17-15-41)33-26-21-24(10-13-28(26)40(6)39-33)34-38-27-20-22(2)29(31(35(43)44)46-36(3,4)5)30(32(27)47-34)23-8-11-25(37)12-9-23;1-7-37-29(36)25(38-30(3,4)5)23-16(2)14-21-26(24(23)17-8-11-19(32)12-9-17)39-28(33-21)18-10-13-22-20(15-18)27(31)34-35(22)6/h8-13,20-21,31H,7,14-19H2,1-6H3,(H,43,44);8-15,25H,7H2,1-6H3/t31-;25-/m00/s1. The molecular formula is C66H71BrCl2N8O7S2. The predicted molar refractivity (Wildman–Crippen MR) is 353 cm³/mol. The van der Waals surface area contributed by atoms with Crippen molar-refractivity contribution in [3.8, 4) is 43.4 Å². The molecule has 86 heavy (non-hydrogen) atoms. The number of hydrogen-bond donors (Lipinski definition) is 1. The molecule has 2 atom stereocenters. The van der Waals surface area contributed by atoms with E-state index >= 15 is 0 Å². The van der Waals surface area contributed by atoms with E-state index in [1.54, 1.807) is 29.6 Å². The number of piperazine rings is 1. The Morgan fingerprint density at radius 3 is 1.59 bits per heavy atom. The molecule has 0 amide bonds. The third-order valence-corrected chi connectivity index (χ3v) is 18.2. The second kappa shape index (κ2) is 25.8. The molecule has 0 unspecified atom stereocenters. The molecule has 0 spiro atoms. The number of aryl methyl sites for hydroxylation is 4. The Kier molecular flexibility index (Phi) is 18.8. The van der Waals surface area contributed by atoms with Gasteiger partial charge in [0.2, 0.25) is 0 Å². The number of hydrogen-bond acceptors (Lipinski definition) is 14. The van der Waals surface area contributed by atoms with E-state index in [2.05, 4.69) is 67.2 Å². The van der Waals surface area contributed by atoms with Gasteiger partial charge in [-0.05, 0) is 180 Å². The molecule has 4 aromatic heterocycles. The van der Waals surface area contributed by atoms with Crippen molar-refractivity contribution in [3.63, 3.8) is 0 Å². The van der Waals surface area contributed by atoms with E-state index in [9.17, 15) is 14.7 Å². The number of carbonyl (C=O) groups is 2. The molecule has 450 valence electrons. The van der Waals surface area contributed by atoms with Crippen molar-refractivity contribution < 1.29 is 33.6 Å². The first-order valence-corrected chi connectivity index (χ1v) is 31.9. The van der Waals surface area contributed by atoms with Gasteiger partial charge in [0.1, 0.15) is 14.6 Å². The fourth-order valence-corrected chi connectivity index (χ4v) is 14.1. The lowest BCUT2D eigenvalue weighted by Crippen LogP contribution is -2.47. The number of anilines is 1. The number of ether oxygens (including phenoxy) is 4. The Balaban J connectivity index is 0.000000194. The van der Waals surface area contributed by atoms with Crippen LogP contribution in [0.5, 0.6) is 0 Å². The predicted octanol–water partition coefficient (Wildman–Crippen LogP) is 16.2. The maximum Gasteiger partial charge on any atom is 0.339 e. The van der Waals surface area contributed by atoms with Gasteiger partial charge in [0, 0.05) is 108 Å². The molecular weight excluding hydrogens is 1230 g/mol. The summed E-state index contributed by atoms with van der Waals surface area (Å²) in [6.07, 6.45) is -2.07. The van der Waals surface area contributed by atoms with E-state index in [4.69, 9.17) is 57.2 Å². The highest BCUT2D eigenvalue weighted by molar-refractivity contribution is 9.10. The molecule has 20 heteroatoms. The molecule has 11 rings (SSSR count). The molecule has 1 fully saturated rings. The lowest BCUT2D eigenvalue weighted by molar-refractivity contribution is -0.166. The maximum absolute atomic E-state index is 13.3. The zero-order valence-electron chi connectivity index (χ0n) is 50.5. The Labute approximate surface area is 527 Å².